The number of aliphatic hydroxyl groups is 1. The van der Waals surface area contributed by atoms with E-state index in [1.807, 2.05) is 243 Å². The van der Waals surface area contributed by atoms with Gasteiger partial charge in [0.1, 0.15) is 85.4 Å². The lowest BCUT2D eigenvalue weighted by Gasteiger charge is -2.51. The molecule has 2 bridgehead atoms. The highest BCUT2D eigenvalue weighted by Crippen LogP contribution is 2.73. The Morgan fingerprint density at radius 1 is 0.402 bits per heavy atom. The molecule has 3 saturated carbocycles. The first-order valence-corrected chi connectivity index (χ1v) is 35.9. The number of hydrogen-bond donors (Lipinski definition) is 1. The minimum Gasteiger partial charge on any atom is -0.394 e. The monoisotopic (exact) mass is 1380 g/mol. The zero-order chi connectivity index (χ0) is 69.7. The van der Waals surface area contributed by atoms with Gasteiger partial charge in [-0.25, -0.2) is 0 Å². The number of nitrogens with zero attached hydrogens (tertiary/aromatic N) is 3. The molecule has 3 aliphatic carbocycles. The number of benzene rings is 8. The molecule has 19 atom stereocenters. The van der Waals surface area contributed by atoms with Gasteiger partial charge in [0.2, 0.25) is 0 Å². The first-order valence-electron chi connectivity index (χ1n) is 35.9. The van der Waals surface area contributed by atoms with E-state index < -0.39 is 116 Å². The smallest absolute Gasteiger partial charge is 0.187 e. The molecule has 3 heterocycles. The average molecular weight is 1380 g/mol. The normalized spacial score (nSPS) is 31.5. The van der Waals surface area contributed by atoms with Crippen molar-refractivity contribution in [2.75, 3.05) is 13.2 Å². The SMILES string of the molecule is CC1(C)[C@H]2CC[C@]1(C)C1(C2)O[C@@H]2[C@H](OCc3ccccc3)[C@@H](OCc3ccccc3)[C@H](OCc3ccccc3)[C@@H](O[C@H]3O[C@H](COCc4ccccc4)[C@@H](O[C@H]4O[C@H](CO)[C@@H](OCc5ccccc5)[C@H](OCc5ccccc5)[C@@H]4OCc4ccccc4)[C@H](OCc4ccccc4)[C@H]3N=[N+]=[N-])[C@@H]2O1. The third-order valence-corrected chi connectivity index (χ3v) is 21.9. The van der Waals surface area contributed by atoms with Crippen LogP contribution >= 0.6 is 0 Å². The molecule has 18 heteroatoms. The molecule has 6 fully saturated rings. The van der Waals surface area contributed by atoms with Crippen LogP contribution in [0.25, 0.3) is 10.4 Å². The Kier molecular flexibility index (Phi) is 23.5. The van der Waals surface area contributed by atoms with Crippen LogP contribution in [-0.4, -0.2) is 122 Å². The van der Waals surface area contributed by atoms with Crippen molar-refractivity contribution in [2.45, 2.75) is 197 Å². The van der Waals surface area contributed by atoms with Gasteiger partial charge < -0.3 is 71.4 Å². The van der Waals surface area contributed by atoms with Gasteiger partial charge in [-0.05, 0) is 74.2 Å². The van der Waals surface area contributed by atoms with Crippen molar-refractivity contribution >= 4 is 0 Å². The fourth-order valence-corrected chi connectivity index (χ4v) is 16.0. The van der Waals surface area contributed by atoms with Gasteiger partial charge in [-0.3, -0.25) is 0 Å². The molecule has 1 unspecified atom stereocenters. The van der Waals surface area contributed by atoms with Gasteiger partial charge in [0, 0.05) is 16.7 Å². The van der Waals surface area contributed by atoms with E-state index in [-0.39, 0.29) is 64.9 Å². The molecule has 1 spiro atoms. The molecule has 3 aliphatic heterocycles. The lowest BCUT2D eigenvalue weighted by atomic mass is 9.68. The quantitative estimate of drug-likeness (QED) is 0.0244. The van der Waals surface area contributed by atoms with E-state index in [2.05, 4.69) is 30.8 Å². The number of hydrogen-bond acceptors (Lipinski definition) is 16. The van der Waals surface area contributed by atoms with Crippen LogP contribution in [0.3, 0.4) is 0 Å². The van der Waals surface area contributed by atoms with Crippen LogP contribution in [0.15, 0.2) is 248 Å². The molecule has 0 aromatic heterocycles. The van der Waals surface area contributed by atoms with Gasteiger partial charge in [0.05, 0.1) is 66.1 Å². The van der Waals surface area contributed by atoms with Crippen molar-refractivity contribution < 1.29 is 71.4 Å². The molecule has 0 amide bonds. The van der Waals surface area contributed by atoms with E-state index in [1.54, 1.807) is 0 Å². The third kappa shape index (κ3) is 16.1. The van der Waals surface area contributed by atoms with Crippen LogP contribution in [-0.2, 0) is 119 Å². The summed E-state index contributed by atoms with van der Waals surface area (Å²) in [5, 5.41) is 16.3. The number of azide groups is 1. The maximum atomic E-state index is 11.6. The lowest BCUT2D eigenvalue weighted by molar-refractivity contribution is -0.371. The molecule has 8 aromatic carbocycles. The van der Waals surface area contributed by atoms with E-state index >= 15 is 0 Å². The summed E-state index contributed by atoms with van der Waals surface area (Å²) in [6.07, 6.45) is -12.9. The molecule has 3 saturated heterocycles. The maximum absolute atomic E-state index is 11.6. The first kappa shape index (κ1) is 71.5. The van der Waals surface area contributed by atoms with Crippen LogP contribution in [0, 0.1) is 16.7 Å². The van der Waals surface area contributed by atoms with Gasteiger partial charge in [0.15, 0.2) is 18.4 Å². The van der Waals surface area contributed by atoms with E-state index in [4.69, 9.17) is 66.3 Å². The second kappa shape index (κ2) is 33.5. The Morgan fingerprint density at radius 3 is 1.14 bits per heavy atom. The summed E-state index contributed by atoms with van der Waals surface area (Å²) < 4.78 is 103. The topological polar surface area (TPSA) is 198 Å². The van der Waals surface area contributed by atoms with E-state index in [1.165, 1.54) is 0 Å². The van der Waals surface area contributed by atoms with Crippen molar-refractivity contribution in [2.24, 2.45) is 21.9 Å². The van der Waals surface area contributed by atoms with Crippen LogP contribution in [0.2, 0.25) is 0 Å². The summed E-state index contributed by atoms with van der Waals surface area (Å²) in [4.78, 5) is 3.59. The van der Waals surface area contributed by atoms with Crippen LogP contribution in [0.4, 0.5) is 0 Å². The third-order valence-electron chi connectivity index (χ3n) is 21.9. The van der Waals surface area contributed by atoms with Crippen molar-refractivity contribution in [3.05, 3.63) is 298 Å². The molecule has 534 valence electrons. The average Bonchev–Trinajstić information content (AvgIpc) is 1.51. The van der Waals surface area contributed by atoms with Crippen LogP contribution in [0.1, 0.15) is 84.5 Å². The second-order valence-electron chi connectivity index (χ2n) is 28.4. The molecule has 6 aliphatic rings. The van der Waals surface area contributed by atoms with Gasteiger partial charge in [-0.1, -0.05) is 269 Å². The first-order chi connectivity index (χ1) is 50.1. The molecule has 18 nitrogen and oxygen atoms in total. The molecule has 0 radical (unpaired) electrons. The zero-order valence-electron chi connectivity index (χ0n) is 58.1. The Balaban J connectivity index is 0.884. The van der Waals surface area contributed by atoms with Gasteiger partial charge in [-0.15, -0.1) is 0 Å². The minimum atomic E-state index is -1.43. The van der Waals surface area contributed by atoms with Crippen molar-refractivity contribution in [3.63, 3.8) is 0 Å². The summed E-state index contributed by atoms with van der Waals surface area (Å²) >= 11 is 0. The predicted octanol–water partition coefficient (Wildman–Crippen LogP) is 14.5. The largest absolute Gasteiger partial charge is 0.394 e. The minimum absolute atomic E-state index is 0.0336. The molecular weight excluding hydrogens is 1290 g/mol. The molecule has 8 aromatic rings. The standard InChI is InChI=1S/C84H93N3O15/c1-82(2)65-44-45-83(82,3)84(46-65)101-77-75(95-54-63-40-24-10-25-41-63)73(93-52-61-36-20-8-21-37-61)74(94-53-62-38-22-9-23-39-62)76(78(77)102-84)100-80-68(86-87-85)71(91-50-59-32-16-6-17-33-59)70(67(98-80)56-89-48-57-28-12-4-13-29-57)99-81-79(96-55-64-42-26-11-27-43-64)72(92-51-60-34-18-7-19-35-60)69(66(47-88)97-81)90-49-58-30-14-5-15-31-58/h4-43,65-81,88H,44-56H2,1-3H3/t65-,66+,67+,68+,69+,70+,71+,72-,73-,74-,75+,76+,77+,78-,79-,80+,81+,83-,84?/m0/s1. The second-order valence-corrected chi connectivity index (χ2v) is 28.4. The highest BCUT2D eigenvalue weighted by atomic mass is 16.8. The molecular formula is C84H93N3O15. The van der Waals surface area contributed by atoms with E-state index in [0.717, 1.165) is 57.3 Å². The van der Waals surface area contributed by atoms with Crippen molar-refractivity contribution in [1.29, 1.82) is 0 Å². The Morgan fingerprint density at radius 2 is 0.745 bits per heavy atom. The van der Waals surface area contributed by atoms with E-state index in [9.17, 15) is 10.6 Å². The highest BCUT2D eigenvalue weighted by molar-refractivity contribution is 5.24. The number of ether oxygens (including phenoxy) is 14. The number of aliphatic hydroxyl groups excluding tert-OH is 1. The number of rotatable bonds is 31. The summed E-state index contributed by atoms with van der Waals surface area (Å²) in [5.74, 6) is -0.773. The highest BCUT2D eigenvalue weighted by Gasteiger charge is 2.76. The molecule has 14 rings (SSSR count). The van der Waals surface area contributed by atoms with Gasteiger partial charge >= 0.3 is 0 Å². The molecule has 1 N–H and O–H groups in total. The van der Waals surface area contributed by atoms with Crippen molar-refractivity contribution in [3.8, 4) is 0 Å². The van der Waals surface area contributed by atoms with Gasteiger partial charge in [-0.2, -0.15) is 0 Å². The Labute approximate surface area is 597 Å². The summed E-state index contributed by atoms with van der Waals surface area (Å²) in [7, 11) is 0. The predicted molar refractivity (Wildman–Crippen MR) is 380 cm³/mol. The van der Waals surface area contributed by atoms with Gasteiger partial charge in [0.25, 0.3) is 0 Å². The van der Waals surface area contributed by atoms with Crippen LogP contribution < -0.4 is 0 Å². The Bertz CT molecular complexity index is 3900. The summed E-state index contributed by atoms with van der Waals surface area (Å²) in [5.41, 5.74) is 17.8. The Hall–Kier alpha value is -7.53. The summed E-state index contributed by atoms with van der Waals surface area (Å²) in [6.45, 7) is 7.64. The van der Waals surface area contributed by atoms with E-state index in [0.29, 0.717) is 12.3 Å². The molecule has 102 heavy (non-hydrogen) atoms. The number of fused-ring (bicyclic) bond motifs is 4. The fourth-order valence-electron chi connectivity index (χ4n) is 16.0. The fraction of sp³-hybridized carbons (Fsp3) is 0.429. The van der Waals surface area contributed by atoms with Crippen LogP contribution in [0.5, 0.6) is 0 Å². The maximum Gasteiger partial charge on any atom is 0.187 e. The van der Waals surface area contributed by atoms with Crippen molar-refractivity contribution in [1.82, 2.24) is 0 Å². The lowest BCUT2D eigenvalue weighted by Crippen LogP contribution is -2.68. The zero-order valence-corrected chi connectivity index (χ0v) is 58.1. The summed E-state index contributed by atoms with van der Waals surface area (Å²) in [6, 6.07) is 77.9.